The van der Waals surface area contributed by atoms with E-state index >= 15 is 0 Å². The molecule has 0 unspecified atom stereocenters. The molecule has 0 saturated heterocycles. The Kier molecular flexibility index (Phi) is 4.99. The van der Waals surface area contributed by atoms with Crippen LogP contribution < -0.4 is 16.4 Å². The number of amides is 1. The topological polar surface area (TPSA) is 80.0 Å². The zero-order chi connectivity index (χ0) is 16.9. The van der Waals surface area contributed by atoms with Crippen LogP contribution in [0.15, 0.2) is 42.6 Å². The maximum atomic E-state index is 11.7. The third kappa shape index (κ3) is 3.85. The van der Waals surface area contributed by atoms with Gasteiger partial charge in [0.05, 0.1) is 11.3 Å². The fourth-order valence-corrected chi connectivity index (χ4v) is 3.24. The Morgan fingerprint density at radius 1 is 1.21 bits per heavy atom. The van der Waals surface area contributed by atoms with Crippen LogP contribution in [0.1, 0.15) is 43.0 Å². The van der Waals surface area contributed by atoms with E-state index in [9.17, 15) is 4.79 Å². The molecule has 1 aromatic carbocycles. The number of rotatable bonds is 5. The number of nitrogens with two attached hydrogens (primary N) is 1. The van der Waals surface area contributed by atoms with Gasteiger partial charge in [0.15, 0.2) is 0 Å². The molecule has 1 fully saturated rings. The van der Waals surface area contributed by atoms with E-state index in [0.29, 0.717) is 23.3 Å². The van der Waals surface area contributed by atoms with E-state index in [1.54, 1.807) is 6.20 Å². The molecule has 3 rings (SSSR count). The molecule has 0 spiro atoms. The molecule has 5 nitrogen and oxygen atoms in total. The minimum Gasteiger partial charge on any atom is -0.381 e. The van der Waals surface area contributed by atoms with Gasteiger partial charge < -0.3 is 16.4 Å². The van der Waals surface area contributed by atoms with Crippen molar-refractivity contribution in [3.05, 3.63) is 48.2 Å². The lowest BCUT2D eigenvalue weighted by Crippen LogP contribution is -2.31. The van der Waals surface area contributed by atoms with Gasteiger partial charge in [0, 0.05) is 24.0 Å². The molecule has 126 valence electrons. The molecular weight excluding hydrogens is 300 g/mol. The van der Waals surface area contributed by atoms with E-state index in [-0.39, 0.29) is 0 Å². The maximum absolute atomic E-state index is 11.7. The zero-order valence-corrected chi connectivity index (χ0v) is 14.0. The van der Waals surface area contributed by atoms with Crippen LogP contribution in [0.2, 0.25) is 0 Å². The summed E-state index contributed by atoms with van der Waals surface area (Å²) in [5.41, 5.74) is 7.67. The summed E-state index contributed by atoms with van der Waals surface area (Å²) in [5.74, 6) is 0.815. The third-order valence-electron chi connectivity index (χ3n) is 4.67. The fourth-order valence-electron chi connectivity index (χ4n) is 3.24. The van der Waals surface area contributed by atoms with Crippen molar-refractivity contribution in [1.29, 1.82) is 0 Å². The van der Waals surface area contributed by atoms with E-state index in [0.717, 1.165) is 17.8 Å². The summed E-state index contributed by atoms with van der Waals surface area (Å²) in [6, 6.07) is 12.1. The molecular formula is C19H24N4O. The van der Waals surface area contributed by atoms with E-state index in [1.807, 2.05) is 36.4 Å². The van der Waals surface area contributed by atoms with Gasteiger partial charge in [0.25, 0.3) is 5.91 Å². The monoisotopic (exact) mass is 324 g/mol. The summed E-state index contributed by atoms with van der Waals surface area (Å²) in [5, 5.41) is 6.78. The molecule has 1 aliphatic rings. The summed E-state index contributed by atoms with van der Waals surface area (Å²) in [6.07, 6.45) is 6.36. The molecule has 5 heteroatoms. The van der Waals surface area contributed by atoms with Gasteiger partial charge in [-0.05, 0) is 30.9 Å². The number of nitrogens with one attached hydrogen (secondary N) is 2. The molecule has 0 aliphatic heterocycles. The standard InChI is InChI=1S/C19H24N4O/c1-13-7-5-6-10-16(13)23-17-11-18(21-12-15(17)19(20)24)22-14-8-3-2-4-9-14/h2-4,8-9,11-13,16H,5-7,10H2,1H3,(H2,20,24)(H2,21,22,23)/t13-,16+/m1/s1. The molecule has 4 N–H and O–H groups in total. The molecule has 2 aromatic rings. The number of anilines is 3. The van der Waals surface area contributed by atoms with Gasteiger partial charge in [-0.15, -0.1) is 0 Å². The van der Waals surface area contributed by atoms with Gasteiger partial charge in [-0.2, -0.15) is 0 Å². The predicted molar refractivity (Wildman–Crippen MR) is 97.5 cm³/mol. The Bertz CT molecular complexity index is 702. The molecule has 0 bridgehead atoms. The highest BCUT2D eigenvalue weighted by atomic mass is 16.1. The quantitative estimate of drug-likeness (QED) is 0.779. The van der Waals surface area contributed by atoms with Gasteiger partial charge in [0.1, 0.15) is 5.82 Å². The minimum absolute atomic E-state index is 0.365. The number of benzene rings is 1. The Labute approximate surface area is 142 Å². The van der Waals surface area contributed by atoms with Crippen LogP contribution in [0.4, 0.5) is 17.2 Å². The van der Waals surface area contributed by atoms with Crippen LogP contribution in [0, 0.1) is 5.92 Å². The van der Waals surface area contributed by atoms with Crippen molar-refractivity contribution < 1.29 is 4.79 Å². The van der Waals surface area contributed by atoms with Crippen molar-refractivity contribution in [2.45, 2.75) is 38.6 Å². The number of aromatic nitrogens is 1. The number of para-hydroxylation sites is 1. The van der Waals surface area contributed by atoms with Gasteiger partial charge >= 0.3 is 0 Å². The summed E-state index contributed by atoms with van der Waals surface area (Å²) >= 11 is 0. The first-order valence-electron chi connectivity index (χ1n) is 8.52. The molecule has 1 amide bonds. The molecule has 1 saturated carbocycles. The molecule has 2 atom stereocenters. The first-order valence-corrected chi connectivity index (χ1v) is 8.52. The Hall–Kier alpha value is -2.56. The molecule has 1 aromatic heterocycles. The molecule has 24 heavy (non-hydrogen) atoms. The lowest BCUT2D eigenvalue weighted by molar-refractivity contribution is 0.100. The average Bonchev–Trinajstić information content (AvgIpc) is 2.58. The highest BCUT2D eigenvalue weighted by Crippen LogP contribution is 2.29. The number of nitrogens with zero attached hydrogens (tertiary/aromatic N) is 1. The fraction of sp³-hybridized carbons (Fsp3) is 0.368. The second kappa shape index (κ2) is 7.34. The van der Waals surface area contributed by atoms with Crippen LogP contribution in [0.5, 0.6) is 0 Å². The van der Waals surface area contributed by atoms with Crippen molar-refractivity contribution in [3.63, 3.8) is 0 Å². The maximum Gasteiger partial charge on any atom is 0.252 e. The van der Waals surface area contributed by atoms with Gasteiger partial charge in [-0.1, -0.05) is 38.0 Å². The first-order chi connectivity index (χ1) is 11.6. The normalized spacial score (nSPS) is 20.4. The van der Waals surface area contributed by atoms with Crippen molar-refractivity contribution >= 4 is 23.1 Å². The Morgan fingerprint density at radius 2 is 1.96 bits per heavy atom. The number of hydrogen-bond acceptors (Lipinski definition) is 4. The molecule has 1 aliphatic carbocycles. The largest absolute Gasteiger partial charge is 0.381 e. The van der Waals surface area contributed by atoms with Crippen LogP contribution in [0.3, 0.4) is 0 Å². The average molecular weight is 324 g/mol. The van der Waals surface area contributed by atoms with Crippen molar-refractivity contribution in [2.75, 3.05) is 10.6 Å². The highest BCUT2D eigenvalue weighted by molar-refractivity contribution is 5.98. The van der Waals surface area contributed by atoms with Crippen molar-refractivity contribution in [3.8, 4) is 0 Å². The number of pyridine rings is 1. The SMILES string of the molecule is C[C@@H]1CCCC[C@@H]1Nc1cc(Nc2ccccc2)ncc1C(N)=O. The number of carbonyl (C=O) groups is 1. The third-order valence-corrected chi connectivity index (χ3v) is 4.67. The van der Waals surface area contributed by atoms with Gasteiger partial charge in [-0.25, -0.2) is 4.98 Å². The lowest BCUT2D eigenvalue weighted by atomic mass is 9.85. The lowest BCUT2D eigenvalue weighted by Gasteiger charge is -2.31. The van der Waals surface area contributed by atoms with Crippen LogP contribution in [-0.2, 0) is 0 Å². The second-order valence-electron chi connectivity index (χ2n) is 6.48. The van der Waals surface area contributed by atoms with E-state index in [4.69, 9.17) is 5.73 Å². The smallest absolute Gasteiger partial charge is 0.252 e. The van der Waals surface area contributed by atoms with Gasteiger partial charge in [0.2, 0.25) is 0 Å². The van der Waals surface area contributed by atoms with E-state index in [2.05, 4.69) is 22.5 Å². The summed E-state index contributed by atoms with van der Waals surface area (Å²) in [7, 11) is 0. The number of primary amides is 1. The molecule has 1 heterocycles. The molecule has 0 radical (unpaired) electrons. The number of hydrogen-bond donors (Lipinski definition) is 3. The number of carbonyl (C=O) groups excluding carboxylic acids is 1. The van der Waals surface area contributed by atoms with Crippen LogP contribution >= 0.6 is 0 Å². The summed E-state index contributed by atoms with van der Waals surface area (Å²) < 4.78 is 0. The highest BCUT2D eigenvalue weighted by Gasteiger charge is 2.23. The minimum atomic E-state index is -0.459. The van der Waals surface area contributed by atoms with E-state index < -0.39 is 5.91 Å². The second-order valence-corrected chi connectivity index (χ2v) is 6.48. The van der Waals surface area contributed by atoms with Crippen LogP contribution in [-0.4, -0.2) is 16.9 Å². The van der Waals surface area contributed by atoms with Crippen molar-refractivity contribution in [2.24, 2.45) is 11.7 Å². The summed E-state index contributed by atoms with van der Waals surface area (Å²) in [6.45, 7) is 2.26. The van der Waals surface area contributed by atoms with E-state index in [1.165, 1.54) is 19.3 Å². The van der Waals surface area contributed by atoms with Crippen LogP contribution in [0.25, 0.3) is 0 Å². The predicted octanol–water partition coefficient (Wildman–Crippen LogP) is 3.91. The summed E-state index contributed by atoms with van der Waals surface area (Å²) in [4.78, 5) is 16.1. The van der Waals surface area contributed by atoms with Crippen molar-refractivity contribution in [1.82, 2.24) is 4.98 Å². The zero-order valence-electron chi connectivity index (χ0n) is 14.0. The Morgan fingerprint density at radius 3 is 2.67 bits per heavy atom. The van der Waals surface area contributed by atoms with Gasteiger partial charge in [-0.3, -0.25) is 4.79 Å². The Balaban J connectivity index is 1.84. The first kappa shape index (κ1) is 16.3.